The first kappa shape index (κ1) is 12.7. The molecule has 0 fully saturated rings. The molecule has 1 aromatic carbocycles. The van der Waals surface area contributed by atoms with Gasteiger partial charge < -0.3 is 9.32 Å². The Kier molecular flexibility index (Phi) is 3.15. The van der Waals surface area contributed by atoms with Crippen LogP contribution in [0, 0.1) is 5.82 Å². The van der Waals surface area contributed by atoms with Crippen molar-refractivity contribution in [2.75, 3.05) is 11.4 Å². The third-order valence-electron chi connectivity index (χ3n) is 3.43. The first-order valence-corrected chi connectivity index (χ1v) is 6.29. The summed E-state index contributed by atoms with van der Waals surface area (Å²) in [6, 6.07) is 6.44. The maximum atomic E-state index is 13.3. The van der Waals surface area contributed by atoms with Gasteiger partial charge in [0.05, 0.1) is 12.1 Å². The quantitative estimate of drug-likeness (QED) is 0.507. The molecule has 2 aromatic rings. The summed E-state index contributed by atoms with van der Waals surface area (Å²) in [5.74, 6) is 5.06. The summed E-state index contributed by atoms with van der Waals surface area (Å²) < 4.78 is 18.7. The second-order valence-electron chi connectivity index (χ2n) is 4.72. The van der Waals surface area contributed by atoms with Crippen LogP contribution in [-0.2, 0) is 13.0 Å². The van der Waals surface area contributed by atoms with Crippen LogP contribution in [0.5, 0.6) is 0 Å². The highest BCUT2D eigenvalue weighted by atomic mass is 19.1. The summed E-state index contributed by atoms with van der Waals surface area (Å²) in [5, 5.41) is 0. The number of amides is 1. The lowest BCUT2D eigenvalue weighted by Crippen LogP contribution is -2.29. The van der Waals surface area contributed by atoms with Gasteiger partial charge >= 0.3 is 0 Å². The highest BCUT2D eigenvalue weighted by molar-refractivity contribution is 5.93. The Bertz CT molecular complexity index is 654. The van der Waals surface area contributed by atoms with Gasteiger partial charge in [-0.3, -0.25) is 10.2 Å². The largest absolute Gasteiger partial charge is 0.467 e. The monoisotopic (exact) mass is 275 g/mol. The molecule has 5 nitrogen and oxygen atoms in total. The molecule has 0 aliphatic carbocycles. The zero-order valence-electron chi connectivity index (χ0n) is 10.7. The number of furan rings is 1. The molecule has 3 rings (SSSR count). The lowest BCUT2D eigenvalue weighted by molar-refractivity contribution is 0.0953. The number of carbonyl (C=O) groups excluding carboxylic acids is 1. The molecule has 104 valence electrons. The van der Waals surface area contributed by atoms with Gasteiger partial charge in [-0.05, 0) is 30.2 Å². The van der Waals surface area contributed by atoms with Crippen molar-refractivity contribution in [3.05, 3.63) is 53.2 Å². The number of nitrogen functional groups attached to an aromatic ring is 1. The Morgan fingerprint density at radius 2 is 2.30 bits per heavy atom. The fraction of sp³-hybridized carbons (Fsp3) is 0.214. The van der Waals surface area contributed by atoms with E-state index in [0.717, 1.165) is 24.2 Å². The minimum Gasteiger partial charge on any atom is -0.467 e. The first-order chi connectivity index (χ1) is 9.67. The number of hydrogen-bond acceptors (Lipinski definition) is 4. The summed E-state index contributed by atoms with van der Waals surface area (Å²) in [4.78, 5) is 13.4. The summed E-state index contributed by atoms with van der Waals surface area (Å²) in [7, 11) is 0. The summed E-state index contributed by atoms with van der Waals surface area (Å²) >= 11 is 0. The van der Waals surface area contributed by atoms with E-state index >= 15 is 0 Å². The minimum absolute atomic E-state index is 0.252. The van der Waals surface area contributed by atoms with E-state index in [0.29, 0.717) is 17.9 Å². The molecule has 0 saturated heterocycles. The molecule has 0 bridgehead atoms. The van der Waals surface area contributed by atoms with Gasteiger partial charge in [0.15, 0.2) is 0 Å². The number of benzene rings is 1. The fourth-order valence-electron chi connectivity index (χ4n) is 2.44. The molecule has 3 N–H and O–H groups in total. The lowest BCUT2D eigenvalue weighted by atomic mass is 10.2. The van der Waals surface area contributed by atoms with Crippen molar-refractivity contribution >= 4 is 11.6 Å². The van der Waals surface area contributed by atoms with Gasteiger partial charge in [-0.15, -0.1) is 0 Å². The van der Waals surface area contributed by atoms with Crippen molar-refractivity contribution < 1.29 is 13.6 Å². The molecular formula is C14H14FN3O2. The molecule has 0 saturated carbocycles. The zero-order chi connectivity index (χ0) is 14.1. The van der Waals surface area contributed by atoms with Gasteiger partial charge in [-0.2, -0.15) is 0 Å². The topological polar surface area (TPSA) is 71.5 Å². The Labute approximate surface area is 115 Å². The van der Waals surface area contributed by atoms with Gasteiger partial charge in [0.25, 0.3) is 5.91 Å². The van der Waals surface area contributed by atoms with Crippen molar-refractivity contribution in [2.24, 2.45) is 5.84 Å². The third-order valence-corrected chi connectivity index (χ3v) is 3.43. The van der Waals surface area contributed by atoms with E-state index in [4.69, 9.17) is 10.3 Å². The van der Waals surface area contributed by atoms with Crippen LogP contribution in [0.4, 0.5) is 10.1 Å². The molecule has 1 aliphatic heterocycles. The third kappa shape index (κ3) is 2.25. The molecule has 1 aromatic heterocycles. The van der Waals surface area contributed by atoms with Gasteiger partial charge in [0.2, 0.25) is 0 Å². The number of hydrazine groups is 1. The summed E-state index contributed by atoms with van der Waals surface area (Å²) in [6.07, 6.45) is 2.24. The van der Waals surface area contributed by atoms with Crippen LogP contribution >= 0.6 is 0 Å². The molecule has 0 atom stereocenters. The Balaban J connectivity index is 1.79. The van der Waals surface area contributed by atoms with Gasteiger partial charge in [0.1, 0.15) is 17.8 Å². The number of nitrogens with two attached hydrogens (primary N) is 1. The van der Waals surface area contributed by atoms with Crippen LogP contribution in [0.25, 0.3) is 0 Å². The average Bonchev–Trinajstić information content (AvgIpc) is 3.06. The summed E-state index contributed by atoms with van der Waals surface area (Å²) in [6.45, 7) is 1.30. The molecule has 1 amide bonds. The lowest BCUT2D eigenvalue weighted by Gasteiger charge is -2.17. The van der Waals surface area contributed by atoms with Crippen molar-refractivity contribution in [3.8, 4) is 0 Å². The predicted octanol–water partition coefficient (Wildman–Crippen LogP) is 1.58. The van der Waals surface area contributed by atoms with E-state index in [1.165, 1.54) is 18.4 Å². The van der Waals surface area contributed by atoms with Crippen LogP contribution < -0.4 is 16.2 Å². The second kappa shape index (κ2) is 4.97. The highest BCUT2D eigenvalue weighted by Gasteiger charge is 2.21. The summed E-state index contributed by atoms with van der Waals surface area (Å²) in [5.41, 5.74) is 4.43. The number of carbonyl (C=O) groups is 1. The van der Waals surface area contributed by atoms with E-state index in [2.05, 4.69) is 0 Å². The number of rotatable bonds is 3. The molecule has 1 aliphatic rings. The van der Waals surface area contributed by atoms with Gasteiger partial charge in [0, 0.05) is 12.2 Å². The van der Waals surface area contributed by atoms with Gasteiger partial charge in [-0.25, -0.2) is 10.2 Å². The predicted molar refractivity (Wildman–Crippen MR) is 71.5 cm³/mol. The minimum atomic E-state index is -0.395. The van der Waals surface area contributed by atoms with E-state index in [-0.39, 0.29) is 5.82 Å². The Morgan fingerprint density at radius 3 is 3.10 bits per heavy atom. The zero-order valence-corrected chi connectivity index (χ0v) is 10.7. The number of nitrogens with zero attached hydrogens (tertiary/aromatic N) is 1. The molecule has 0 spiro atoms. The molecular weight excluding hydrogens is 261 g/mol. The number of anilines is 1. The maximum Gasteiger partial charge on any atom is 0.268 e. The number of halogens is 1. The molecule has 0 unspecified atom stereocenters. The number of fused-ring (bicyclic) bond motifs is 1. The molecule has 0 radical (unpaired) electrons. The molecule has 2 heterocycles. The van der Waals surface area contributed by atoms with E-state index < -0.39 is 5.91 Å². The van der Waals surface area contributed by atoms with E-state index in [9.17, 15) is 9.18 Å². The number of hydrogen-bond donors (Lipinski definition) is 2. The fourth-order valence-corrected chi connectivity index (χ4v) is 2.44. The average molecular weight is 275 g/mol. The highest BCUT2D eigenvalue weighted by Crippen LogP contribution is 2.30. The van der Waals surface area contributed by atoms with Crippen molar-refractivity contribution in [2.45, 2.75) is 13.0 Å². The maximum absolute atomic E-state index is 13.3. The molecule has 6 heteroatoms. The standard InChI is InChI=1S/C14H14FN3O2/c15-11-2-1-9-3-4-18(13(9)6-11)7-12-5-10(8-20-12)14(19)17-16/h1-2,5-6,8H,3-4,7,16H2,(H,17,19). The Hall–Kier alpha value is -2.34. The molecule has 20 heavy (non-hydrogen) atoms. The van der Waals surface area contributed by atoms with Crippen LogP contribution in [0.2, 0.25) is 0 Å². The van der Waals surface area contributed by atoms with E-state index in [1.54, 1.807) is 12.1 Å². The van der Waals surface area contributed by atoms with Crippen molar-refractivity contribution in [1.29, 1.82) is 0 Å². The van der Waals surface area contributed by atoms with E-state index in [1.807, 2.05) is 10.3 Å². The normalized spacial score (nSPS) is 13.4. The smallest absolute Gasteiger partial charge is 0.268 e. The van der Waals surface area contributed by atoms with Crippen LogP contribution in [0.3, 0.4) is 0 Å². The van der Waals surface area contributed by atoms with Crippen molar-refractivity contribution in [1.82, 2.24) is 5.43 Å². The SMILES string of the molecule is NNC(=O)c1coc(CN2CCc3ccc(F)cc32)c1. The Morgan fingerprint density at radius 1 is 1.45 bits per heavy atom. The second-order valence-corrected chi connectivity index (χ2v) is 4.72. The number of nitrogens with one attached hydrogen (secondary N) is 1. The first-order valence-electron chi connectivity index (χ1n) is 6.29. The van der Waals surface area contributed by atoms with Crippen LogP contribution in [0.15, 0.2) is 34.9 Å². The van der Waals surface area contributed by atoms with Crippen LogP contribution in [-0.4, -0.2) is 12.5 Å². The van der Waals surface area contributed by atoms with Gasteiger partial charge in [-0.1, -0.05) is 6.07 Å². The van der Waals surface area contributed by atoms with Crippen molar-refractivity contribution in [3.63, 3.8) is 0 Å². The van der Waals surface area contributed by atoms with Crippen LogP contribution in [0.1, 0.15) is 21.7 Å².